The van der Waals surface area contributed by atoms with Crippen LogP contribution in [-0.2, 0) is 19.2 Å². The van der Waals surface area contributed by atoms with Gasteiger partial charge in [0.25, 0.3) is 0 Å². The summed E-state index contributed by atoms with van der Waals surface area (Å²) in [4.78, 5) is 43.9. The zero-order valence-corrected chi connectivity index (χ0v) is 9.43. The molecule has 0 rings (SSSR count). The van der Waals surface area contributed by atoms with Gasteiger partial charge in [-0.05, 0) is 0 Å². The van der Waals surface area contributed by atoms with Crippen LogP contribution in [0.2, 0.25) is 0 Å². The molecule has 0 unspecified atom stereocenters. The minimum absolute atomic E-state index is 0.153. The van der Waals surface area contributed by atoms with Crippen molar-refractivity contribution in [2.24, 2.45) is 0 Å². The predicted octanol–water partition coefficient (Wildman–Crippen LogP) is -2.57. The van der Waals surface area contributed by atoms with Crippen LogP contribution in [-0.4, -0.2) is 67.3 Å². The fraction of sp³-hybridized carbons (Fsp3) is 0.556. The van der Waals surface area contributed by atoms with Crippen LogP contribution in [0.25, 0.3) is 0 Å². The van der Waals surface area contributed by atoms with Gasteiger partial charge in [0, 0.05) is 7.05 Å². The number of carbonyl (C=O) groups excluding carboxylic acids is 3. The molecule has 0 aliphatic rings. The molecule has 0 aromatic heterocycles. The maximum absolute atomic E-state index is 11.3. The summed E-state index contributed by atoms with van der Waals surface area (Å²) in [5.74, 6) is -2.01. The van der Waals surface area contributed by atoms with E-state index < -0.39 is 18.4 Å². The molecule has 0 radical (unpaired) electrons. The maximum Gasteiger partial charge on any atom is 0.317 e. The number of hydrogen-bond acceptors (Lipinski definition) is 5. The van der Waals surface area contributed by atoms with Gasteiger partial charge in [-0.1, -0.05) is 0 Å². The molecule has 0 saturated heterocycles. The Bertz CT molecular complexity index is 305. The van der Waals surface area contributed by atoms with Gasteiger partial charge in [-0.15, -0.1) is 0 Å². The highest BCUT2D eigenvalue weighted by molar-refractivity contribution is 5.85. The van der Waals surface area contributed by atoms with Crippen molar-refractivity contribution in [2.75, 3.05) is 33.2 Å². The number of aliphatic carboxylic acids is 1. The molecule has 8 nitrogen and oxygen atoms in total. The molecule has 0 bridgehead atoms. The van der Waals surface area contributed by atoms with Crippen molar-refractivity contribution < 1.29 is 24.3 Å². The average Bonchev–Trinajstić information content (AvgIpc) is 2.25. The van der Waals surface area contributed by atoms with Crippen molar-refractivity contribution in [2.45, 2.75) is 0 Å². The third kappa shape index (κ3) is 7.91. The summed E-state index contributed by atoms with van der Waals surface area (Å²) in [6.07, 6.45) is 0.509. The summed E-state index contributed by atoms with van der Waals surface area (Å²) in [5.41, 5.74) is 0. The largest absolute Gasteiger partial charge is 0.480 e. The van der Waals surface area contributed by atoms with Crippen molar-refractivity contribution in [3.8, 4) is 0 Å². The van der Waals surface area contributed by atoms with Crippen LogP contribution in [0.5, 0.6) is 0 Å². The quantitative estimate of drug-likeness (QED) is 0.405. The van der Waals surface area contributed by atoms with Gasteiger partial charge in [0.15, 0.2) is 0 Å². The molecule has 0 aliphatic heterocycles. The van der Waals surface area contributed by atoms with Crippen LogP contribution < -0.4 is 10.6 Å². The molecule has 0 heterocycles. The van der Waals surface area contributed by atoms with E-state index in [-0.39, 0.29) is 25.5 Å². The summed E-state index contributed by atoms with van der Waals surface area (Å²) in [6.45, 7) is -0.995. The molecule has 17 heavy (non-hydrogen) atoms. The molecule has 96 valence electrons. The maximum atomic E-state index is 11.3. The summed E-state index contributed by atoms with van der Waals surface area (Å²) >= 11 is 0. The van der Waals surface area contributed by atoms with Crippen LogP contribution in [0.3, 0.4) is 0 Å². The number of nitrogens with zero attached hydrogens (tertiary/aromatic N) is 1. The molecule has 0 saturated carbocycles. The second-order valence-corrected chi connectivity index (χ2v) is 3.18. The number of hydrogen-bond donors (Lipinski definition) is 3. The molecular formula is C9H15N3O5. The number of rotatable bonds is 8. The highest BCUT2D eigenvalue weighted by Crippen LogP contribution is 1.86. The molecule has 3 N–H and O–H groups in total. The Balaban J connectivity index is 4.06. The zero-order valence-electron chi connectivity index (χ0n) is 9.43. The number of amides is 2. The lowest BCUT2D eigenvalue weighted by Gasteiger charge is -2.16. The lowest BCUT2D eigenvalue weighted by molar-refractivity contribution is -0.139. The number of nitrogens with one attached hydrogen (secondary N) is 2. The van der Waals surface area contributed by atoms with Gasteiger partial charge in [-0.3, -0.25) is 19.3 Å². The van der Waals surface area contributed by atoms with E-state index in [1.807, 2.05) is 0 Å². The molecule has 0 fully saturated rings. The number of carboxylic acid groups (broad SMARTS) is 1. The Kier molecular flexibility index (Phi) is 7.27. The van der Waals surface area contributed by atoms with Crippen molar-refractivity contribution in [3.63, 3.8) is 0 Å². The van der Waals surface area contributed by atoms with Crippen LogP contribution in [0.4, 0.5) is 0 Å². The van der Waals surface area contributed by atoms with Gasteiger partial charge in [0.05, 0.1) is 26.2 Å². The molecule has 2 amide bonds. The Morgan fingerprint density at radius 2 is 1.88 bits per heavy atom. The van der Waals surface area contributed by atoms with Crippen LogP contribution in [0.1, 0.15) is 0 Å². The fourth-order valence-electron chi connectivity index (χ4n) is 1.01. The summed E-state index contributed by atoms with van der Waals surface area (Å²) in [7, 11) is 1.43. The van der Waals surface area contributed by atoms with E-state index >= 15 is 0 Å². The second-order valence-electron chi connectivity index (χ2n) is 3.18. The van der Waals surface area contributed by atoms with Crippen molar-refractivity contribution in [3.05, 3.63) is 0 Å². The van der Waals surface area contributed by atoms with E-state index in [1.54, 1.807) is 0 Å². The second kappa shape index (κ2) is 8.22. The summed E-state index contributed by atoms with van der Waals surface area (Å²) in [6, 6.07) is 0. The first-order chi connectivity index (χ1) is 7.99. The first kappa shape index (κ1) is 15.0. The van der Waals surface area contributed by atoms with Gasteiger partial charge in [-0.2, -0.15) is 0 Å². The van der Waals surface area contributed by atoms with E-state index in [1.165, 1.54) is 7.05 Å². The lowest BCUT2D eigenvalue weighted by Crippen LogP contribution is -2.43. The minimum Gasteiger partial charge on any atom is -0.480 e. The van der Waals surface area contributed by atoms with Gasteiger partial charge >= 0.3 is 5.97 Å². The molecule has 0 atom stereocenters. The average molecular weight is 245 g/mol. The number of carboxylic acids is 1. The Hall–Kier alpha value is -1.96. The molecular weight excluding hydrogens is 230 g/mol. The molecule has 0 aromatic rings. The summed E-state index contributed by atoms with van der Waals surface area (Å²) < 4.78 is 0. The third-order valence-electron chi connectivity index (χ3n) is 1.78. The lowest BCUT2D eigenvalue weighted by atomic mass is 10.4. The minimum atomic E-state index is -1.13. The van der Waals surface area contributed by atoms with E-state index in [2.05, 4.69) is 10.6 Å². The molecule has 0 aliphatic carbocycles. The predicted molar refractivity (Wildman–Crippen MR) is 57.2 cm³/mol. The SMILES string of the molecule is CNC(=O)CNC(=O)CN(CC=O)CC(=O)O. The third-order valence-corrected chi connectivity index (χ3v) is 1.78. The van der Waals surface area contributed by atoms with E-state index in [0.29, 0.717) is 6.29 Å². The number of likely N-dealkylation sites (N-methyl/N-ethyl adjacent to an activating group) is 1. The Morgan fingerprint density at radius 3 is 2.35 bits per heavy atom. The van der Waals surface area contributed by atoms with Crippen LogP contribution in [0.15, 0.2) is 0 Å². The van der Waals surface area contributed by atoms with Crippen LogP contribution >= 0.6 is 0 Å². The smallest absolute Gasteiger partial charge is 0.317 e. The van der Waals surface area contributed by atoms with E-state index in [4.69, 9.17) is 5.11 Å². The van der Waals surface area contributed by atoms with Gasteiger partial charge in [0.2, 0.25) is 11.8 Å². The van der Waals surface area contributed by atoms with Crippen molar-refractivity contribution in [1.82, 2.24) is 15.5 Å². The Labute approximate surface area is 98.0 Å². The normalized spacial score (nSPS) is 9.76. The first-order valence-electron chi connectivity index (χ1n) is 4.84. The van der Waals surface area contributed by atoms with Crippen molar-refractivity contribution in [1.29, 1.82) is 0 Å². The standard InChI is InChI=1S/C9H15N3O5/c1-10-7(14)4-11-8(15)5-12(2-3-13)6-9(16)17/h3H,2,4-6H2,1H3,(H,10,14)(H,11,15)(H,16,17). The molecule has 0 spiro atoms. The fourth-order valence-corrected chi connectivity index (χ4v) is 1.01. The topological polar surface area (TPSA) is 116 Å². The van der Waals surface area contributed by atoms with E-state index in [9.17, 15) is 19.2 Å². The first-order valence-corrected chi connectivity index (χ1v) is 4.84. The number of carbonyl (C=O) groups is 4. The highest BCUT2D eigenvalue weighted by atomic mass is 16.4. The van der Waals surface area contributed by atoms with Gasteiger partial charge in [0.1, 0.15) is 6.29 Å². The molecule has 8 heteroatoms. The van der Waals surface area contributed by atoms with Gasteiger partial charge in [-0.25, -0.2) is 0 Å². The van der Waals surface area contributed by atoms with Crippen molar-refractivity contribution >= 4 is 24.1 Å². The Morgan fingerprint density at radius 1 is 1.24 bits per heavy atom. The van der Waals surface area contributed by atoms with E-state index in [0.717, 1.165) is 4.90 Å². The monoisotopic (exact) mass is 245 g/mol. The molecule has 0 aromatic carbocycles. The van der Waals surface area contributed by atoms with Gasteiger partial charge < -0.3 is 20.5 Å². The highest BCUT2D eigenvalue weighted by Gasteiger charge is 2.13. The zero-order chi connectivity index (χ0) is 13.3. The van der Waals surface area contributed by atoms with Crippen LogP contribution in [0, 0.1) is 0 Å². The number of aldehydes is 1. The summed E-state index contributed by atoms with van der Waals surface area (Å²) in [5, 5.41) is 13.1.